The zero-order valence-electron chi connectivity index (χ0n) is 12.5. The molecule has 0 saturated heterocycles. The summed E-state index contributed by atoms with van der Waals surface area (Å²) in [5.74, 6) is 2.12. The molecule has 0 saturated carbocycles. The summed E-state index contributed by atoms with van der Waals surface area (Å²) in [5, 5.41) is 4.07. The molecule has 20 heavy (non-hydrogen) atoms. The summed E-state index contributed by atoms with van der Waals surface area (Å²) in [5.41, 5.74) is 8.25. The second-order valence-corrected chi connectivity index (χ2v) is 5.77. The van der Waals surface area contributed by atoms with Crippen molar-refractivity contribution in [3.8, 4) is 0 Å². The predicted octanol–water partition coefficient (Wildman–Crippen LogP) is 3.06. The Morgan fingerprint density at radius 1 is 1.20 bits per heavy atom. The maximum atomic E-state index is 5.80. The van der Waals surface area contributed by atoms with Gasteiger partial charge in [-0.25, -0.2) is 0 Å². The third-order valence-corrected chi connectivity index (χ3v) is 3.36. The Morgan fingerprint density at radius 2 is 1.90 bits per heavy atom. The van der Waals surface area contributed by atoms with E-state index < -0.39 is 0 Å². The van der Waals surface area contributed by atoms with Crippen molar-refractivity contribution in [2.45, 2.75) is 39.5 Å². The summed E-state index contributed by atoms with van der Waals surface area (Å²) < 4.78 is 5.37. The molecule has 1 aromatic heterocycles. The Morgan fingerprint density at radius 3 is 2.50 bits per heavy atom. The Bertz CT molecular complexity index is 531. The van der Waals surface area contributed by atoms with Gasteiger partial charge in [0.05, 0.1) is 5.92 Å². The van der Waals surface area contributed by atoms with E-state index in [0.717, 1.165) is 12.2 Å². The van der Waals surface area contributed by atoms with E-state index in [2.05, 4.69) is 55.2 Å². The van der Waals surface area contributed by atoms with E-state index in [1.54, 1.807) is 0 Å². The van der Waals surface area contributed by atoms with Crippen LogP contribution in [0.3, 0.4) is 0 Å². The van der Waals surface area contributed by atoms with Crippen LogP contribution in [0.1, 0.15) is 49.0 Å². The van der Waals surface area contributed by atoms with E-state index in [9.17, 15) is 0 Å². The van der Waals surface area contributed by atoms with Gasteiger partial charge < -0.3 is 10.3 Å². The van der Waals surface area contributed by atoms with Crippen molar-refractivity contribution in [1.82, 2.24) is 10.1 Å². The maximum absolute atomic E-state index is 5.80. The van der Waals surface area contributed by atoms with E-state index in [-0.39, 0.29) is 5.92 Å². The predicted molar refractivity (Wildman–Crippen MR) is 79.5 cm³/mol. The van der Waals surface area contributed by atoms with Crippen LogP contribution in [0.15, 0.2) is 28.8 Å². The van der Waals surface area contributed by atoms with Crippen LogP contribution in [-0.4, -0.2) is 16.7 Å². The van der Waals surface area contributed by atoms with E-state index >= 15 is 0 Å². The summed E-state index contributed by atoms with van der Waals surface area (Å²) in [4.78, 5) is 4.49. The summed E-state index contributed by atoms with van der Waals surface area (Å²) in [7, 11) is 0. The van der Waals surface area contributed by atoms with Crippen molar-refractivity contribution in [1.29, 1.82) is 0 Å². The van der Waals surface area contributed by atoms with Crippen LogP contribution in [0, 0.1) is 12.8 Å². The standard InChI is InChI=1S/C16H23N3O/c1-11(2)8-14(10-17)16-18-15(19-20-16)9-13-6-4-12(3)5-7-13/h4-7,11,14H,8-10,17H2,1-3H3. The molecule has 0 fully saturated rings. The van der Waals surface area contributed by atoms with Crippen molar-refractivity contribution in [3.05, 3.63) is 47.1 Å². The fraction of sp³-hybridized carbons (Fsp3) is 0.500. The molecule has 0 aliphatic carbocycles. The number of nitrogens with zero attached hydrogens (tertiary/aromatic N) is 2. The molecule has 4 heteroatoms. The summed E-state index contributed by atoms with van der Waals surface area (Å²) in [6, 6.07) is 8.38. The molecule has 1 aromatic carbocycles. The topological polar surface area (TPSA) is 64.9 Å². The highest BCUT2D eigenvalue weighted by Gasteiger charge is 2.18. The Balaban J connectivity index is 2.06. The van der Waals surface area contributed by atoms with Crippen molar-refractivity contribution in [2.75, 3.05) is 6.54 Å². The Hall–Kier alpha value is -1.68. The van der Waals surface area contributed by atoms with Crippen LogP contribution in [-0.2, 0) is 6.42 Å². The minimum Gasteiger partial charge on any atom is -0.339 e. The third kappa shape index (κ3) is 3.90. The molecule has 2 rings (SSSR count). The van der Waals surface area contributed by atoms with E-state index in [4.69, 9.17) is 10.3 Å². The fourth-order valence-electron chi connectivity index (χ4n) is 2.26. The van der Waals surface area contributed by atoms with Gasteiger partial charge in [0, 0.05) is 13.0 Å². The van der Waals surface area contributed by atoms with Gasteiger partial charge in [0.25, 0.3) is 0 Å². The lowest BCUT2D eigenvalue weighted by atomic mass is 9.97. The smallest absolute Gasteiger partial charge is 0.231 e. The summed E-state index contributed by atoms with van der Waals surface area (Å²) >= 11 is 0. The number of rotatable bonds is 6. The molecular formula is C16H23N3O. The second-order valence-electron chi connectivity index (χ2n) is 5.77. The van der Waals surface area contributed by atoms with Gasteiger partial charge in [-0.05, 0) is 24.8 Å². The molecule has 0 aliphatic heterocycles. The van der Waals surface area contributed by atoms with Gasteiger partial charge in [-0.1, -0.05) is 48.8 Å². The first-order chi connectivity index (χ1) is 9.58. The number of benzene rings is 1. The van der Waals surface area contributed by atoms with Crippen molar-refractivity contribution in [2.24, 2.45) is 11.7 Å². The number of hydrogen-bond acceptors (Lipinski definition) is 4. The van der Waals surface area contributed by atoms with Gasteiger partial charge in [-0.3, -0.25) is 0 Å². The van der Waals surface area contributed by atoms with Crippen LogP contribution in [0.25, 0.3) is 0 Å². The molecule has 0 aliphatic rings. The first kappa shape index (κ1) is 14.7. The lowest BCUT2D eigenvalue weighted by molar-refractivity contribution is 0.332. The molecule has 2 aromatic rings. The molecule has 0 bridgehead atoms. The molecule has 108 valence electrons. The number of aryl methyl sites for hydroxylation is 1. The van der Waals surface area contributed by atoms with Gasteiger partial charge in [-0.2, -0.15) is 4.98 Å². The minimum absolute atomic E-state index is 0.161. The van der Waals surface area contributed by atoms with E-state index in [1.165, 1.54) is 11.1 Å². The number of nitrogens with two attached hydrogens (primary N) is 1. The summed E-state index contributed by atoms with van der Waals surface area (Å²) in [6.45, 7) is 6.97. The molecule has 2 N–H and O–H groups in total. The molecule has 0 spiro atoms. The highest BCUT2D eigenvalue weighted by Crippen LogP contribution is 2.21. The first-order valence-electron chi connectivity index (χ1n) is 7.16. The fourth-order valence-corrected chi connectivity index (χ4v) is 2.26. The molecule has 0 radical (unpaired) electrons. The van der Waals surface area contributed by atoms with Crippen LogP contribution in [0.5, 0.6) is 0 Å². The molecule has 1 heterocycles. The van der Waals surface area contributed by atoms with E-state index in [0.29, 0.717) is 24.8 Å². The Labute approximate surface area is 120 Å². The zero-order valence-corrected chi connectivity index (χ0v) is 12.5. The Kier molecular flexibility index (Phi) is 4.90. The highest BCUT2D eigenvalue weighted by molar-refractivity contribution is 5.23. The molecular weight excluding hydrogens is 250 g/mol. The SMILES string of the molecule is Cc1ccc(Cc2noc(C(CN)CC(C)C)n2)cc1. The van der Waals surface area contributed by atoms with Gasteiger partial charge in [0.1, 0.15) is 0 Å². The monoisotopic (exact) mass is 273 g/mol. The minimum atomic E-state index is 0.161. The average Bonchev–Trinajstić information content (AvgIpc) is 2.87. The molecule has 1 atom stereocenters. The van der Waals surface area contributed by atoms with Gasteiger partial charge in [-0.15, -0.1) is 0 Å². The van der Waals surface area contributed by atoms with Gasteiger partial charge in [0.2, 0.25) is 5.89 Å². The van der Waals surface area contributed by atoms with Crippen molar-refractivity contribution >= 4 is 0 Å². The molecule has 0 amide bonds. The molecule has 4 nitrogen and oxygen atoms in total. The summed E-state index contributed by atoms with van der Waals surface area (Å²) in [6.07, 6.45) is 1.67. The average molecular weight is 273 g/mol. The largest absolute Gasteiger partial charge is 0.339 e. The first-order valence-corrected chi connectivity index (χ1v) is 7.16. The van der Waals surface area contributed by atoms with Crippen molar-refractivity contribution in [3.63, 3.8) is 0 Å². The van der Waals surface area contributed by atoms with Crippen molar-refractivity contribution < 1.29 is 4.52 Å². The number of hydrogen-bond donors (Lipinski definition) is 1. The second kappa shape index (κ2) is 6.66. The van der Waals surface area contributed by atoms with Crippen LogP contribution in [0.4, 0.5) is 0 Å². The van der Waals surface area contributed by atoms with Crippen LogP contribution >= 0.6 is 0 Å². The maximum Gasteiger partial charge on any atom is 0.231 e. The zero-order chi connectivity index (χ0) is 14.5. The lowest BCUT2D eigenvalue weighted by Crippen LogP contribution is -2.15. The van der Waals surface area contributed by atoms with E-state index in [1.807, 2.05) is 0 Å². The normalized spacial score (nSPS) is 12.8. The highest BCUT2D eigenvalue weighted by atomic mass is 16.5. The van der Waals surface area contributed by atoms with Crippen LogP contribution < -0.4 is 5.73 Å². The lowest BCUT2D eigenvalue weighted by Gasteiger charge is -2.11. The van der Waals surface area contributed by atoms with Crippen LogP contribution in [0.2, 0.25) is 0 Å². The van der Waals surface area contributed by atoms with Gasteiger partial charge in [0.15, 0.2) is 5.82 Å². The third-order valence-electron chi connectivity index (χ3n) is 3.36. The molecule has 1 unspecified atom stereocenters. The number of aromatic nitrogens is 2. The quantitative estimate of drug-likeness (QED) is 0.878. The van der Waals surface area contributed by atoms with Gasteiger partial charge >= 0.3 is 0 Å².